The van der Waals surface area contributed by atoms with Gasteiger partial charge >= 0.3 is 0 Å². The summed E-state index contributed by atoms with van der Waals surface area (Å²) in [7, 11) is 1.45. The van der Waals surface area contributed by atoms with Crippen molar-refractivity contribution in [3.63, 3.8) is 0 Å². The molecule has 3 aromatic rings. The van der Waals surface area contributed by atoms with Gasteiger partial charge in [-0.3, -0.25) is 9.78 Å². The lowest BCUT2D eigenvalue weighted by Gasteiger charge is -2.08. The van der Waals surface area contributed by atoms with Gasteiger partial charge in [-0.15, -0.1) is 0 Å². The van der Waals surface area contributed by atoms with Crippen molar-refractivity contribution in [2.45, 2.75) is 19.4 Å². The van der Waals surface area contributed by atoms with Gasteiger partial charge in [0.2, 0.25) is 5.88 Å². The van der Waals surface area contributed by atoms with Crippen LogP contribution in [-0.4, -0.2) is 21.6 Å². The topological polar surface area (TPSA) is 80.8 Å². The van der Waals surface area contributed by atoms with E-state index in [9.17, 15) is 4.79 Å². The zero-order valence-corrected chi connectivity index (χ0v) is 13.3. The summed E-state index contributed by atoms with van der Waals surface area (Å²) in [5, 5.41) is 9.58. The van der Waals surface area contributed by atoms with E-state index in [4.69, 9.17) is 10.00 Å². The Hall–Kier alpha value is -3.20. The fraction of sp³-hybridized carbons (Fsp3) is 0.222. The second-order valence-corrected chi connectivity index (χ2v) is 5.36. The number of methoxy groups -OCH3 is 1. The molecule has 24 heavy (non-hydrogen) atoms. The maximum atomic E-state index is 12.6. The number of nitriles is 1. The summed E-state index contributed by atoms with van der Waals surface area (Å²) >= 11 is 0. The molecule has 0 radical (unpaired) electrons. The predicted octanol–water partition coefficient (Wildman–Crippen LogP) is 2.30. The lowest BCUT2D eigenvalue weighted by Crippen LogP contribution is -2.20. The number of fused-ring (bicyclic) bond motifs is 1. The van der Waals surface area contributed by atoms with Crippen LogP contribution in [0.25, 0.3) is 10.9 Å². The zero-order valence-electron chi connectivity index (χ0n) is 13.3. The molecule has 0 aliphatic carbocycles. The van der Waals surface area contributed by atoms with Crippen molar-refractivity contribution >= 4 is 10.9 Å². The summed E-state index contributed by atoms with van der Waals surface area (Å²) in [5.74, 6) is 0.236. The Kier molecular flexibility index (Phi) is 4.52. The van der Waals surface area contributed by atoms with Crippen molar-refractivity contribution < 1.29 is 4.74 Å². The van der Waals surface area contributed by atoms with Gasteiger partial charge in [0.25, 0.3) is 5.56 Å². The molecule has 0 aromatic carbocycles. The van der Waals surface area contributed by atoms with E-state index in [1.165, 1.54) is 12.7 Å². The Morgan fingerprint density at radius 3 is 2.79 bits per heavy atom. The monoisotopic (exact) mass is 320 g/mol. The molecule has 3 rings (SSSR count). The van der Waals surface area contributed by atoms with Gasteiger partial charge in [-0.2, -0.15) is 5.26 Å². The number of rotatable bonds is 5. The normalized spacial score (nSPS) is 10.5. The van der Waals surface area contributed by atoms with Gasteiger partial charge < -0.3 is 9.30 Å². The van der Waals surface area contributed by atoms with E-state index in [0.717, 1.165) is 12.8 Å². The van der Waals surface area contributed by atoms with E-state index in [1.54, 1.807) is 35.3 Å². The van der Waals surface area contributed by atoms with E-state index in [1.807, 2.05) is 18.2 Å². The van der Waals surface area contributed by atoms with Crippen LogP contribution in [0.4, 0.5) is 0 Å². The van der Waals surface area contributed by atoms with Crippen LogP contribution in [0.5, 0.6) is 5.88 Å². The number of ether oxygens (including phenoxy) is 1. The van der Waals surface area contributed by atoms with Crippen LogP contribution in [0.3, 0.4) is 0 Å². The Morgan fingerprint density at radius 1 is 1.29 bits per heavy atom. The molecule has 6 heteroatoms. The molecule has 6 nitrogen and oxygen atoms in total. The molecule has 0 N–H and O–H groups in total. The van der Waals surface area contributed by atoms with Crippen LogP contribution in [-0.2, 0) is 13.0 Å². The van der Waals surface area contributed by atoms with Gasteiger partial charge in [0.1, 0.15) is 11.6 Å². The highest BCUT2D eigenvalue weighted by Crippen LogP contribution is 2.19. The average Bonchev–Trinajstić information content (AvgIpc) is 2.63. The molecule has 3 heterocycles. The third-order valence-corrected chi connectivity index (χ3v) is 3.85. The summed E-state index contributed by atoms with van der Waals surface area (Å²) in [4.78, 5) is 20.8. The molecular weight excluding hydrogens is 304 g/mol. The maximum absolute atomic E-state index is 12.6. The summed E-state index contributed by atoms with van der Waals surface area (Å²) < 4.78 is 6.73. The van der Waals surface area contributed by atoms with Crippen molar-refractivity contribution in [3.8, 4) is 11.9 Å². The standard InChI is InChI=1S/C18H16N4O2/c1-24-17-14(12-19)11-15-16(21-17)6-10-22(18(15)23)9-2-3-13-4-7-20-8-5-13/h4-8,10-11H,2-3,9H2,1H3. The summed E-state index contributed by atoms with van der Waals surface area (Å²) in [6.45, 7) is 0.602. The quantitative estimate of drug-likeness (QED) is 0.720. The third-order valence-electron chi connectivity index (χ3n) is 3.85. The second-order valence-electron chi connectivity index (χ2n) is 5.36. The molecule has 3 aromatic heterocycles. The van der Waals surface area contributed by atoms with Crippen LogP contribution in [0, 0.1) is 11.3 Å². The van der Waals surface area contributed by atoms with E-state index >= 15 is 0 Å². The SMILES string of the molecule is COc1nc2ccn(CCCc3ccncc3)c(=O)c2cc1C#N. The molecule has 0 saturated heterocycles. The number of pyridine rings is 3. The first kappa shape index (κ1) is 15.7. The summed E-state index contributed by atoms with van der Waals surface area (Å²) in [6.07, 6.45) is 6.97. The molecule has 0 bridgehead atoms. The molecule has 0 aliphatic rings. The number of nitrogens with zero attached hydrogens (tertiary/aromatic N) is 4. The largest absolute Gasteiger partial charge is 0.480 e. The highest BCUT2D eigenvalue weighted by atomic mass is 16.5. The van der Waals surface area contributed by atoms with Crippen molar-refractivity contribution in [2.24, 2.45) is 0 Å². The van der Waals surface area contributed by atoms with Crippen LogP contribution in [0.1, 0.15) is 17.5 Å². The van der Waals surface area contributed by atoms with Crippen LogP contribution in [0.15, 0.2) is 47.7 Å². The van der Waals surface area contributed by atoms with Crippen LogP contribution < -0.4 is 10.3 Å². The smallest absolute Gasteiger partial charge is 0.260 e. The van der Waals surface area contributed by atoms with Crippen molar-refractivity contribution in [1.29, 1.82) is 5.26 Å². The first-order valence-electron chi connectivity index (χ1n) is 7.60. The molecule has 0 fully saturated rings. The lowest BCUT2D eigenvalue weighted by atomic mass is 10.1. The Labute approximate surface area is 139 Å². The molecule has 0 atom stereocenters. The summed E-state index contributed by atoms with van der Waals surface area (Å²) in [6, 6.07) is 9.27. The fourth-order valence-electron chi connectivity index (χ4n) is 2.61. The van der Waals surface area contributed by atoms with E-state index in [0.29, 0.717) is 17.4 Å². The van der Waals surface area contributed by atoms with Gasteiger partial charge in [-0.1, -0.05) is 0 Å². The van der Waals surface area contributed by atoms with E-state index in [2.05, 4.69) is 9.97 Å². The van der Waals surface area contributed by atoms with Crippen molar-refractivity contribution in [1.82, 2.24) is 14.5 Å². The minimum absolute atomic E-state index is 0.145. The molecule has 0 spiro atoms. The van der Waals surface area contributed by atoms with Gasteiger partial charge in [0.05, 0.1) is 18.0 Å². The van der Waals surface area contributed by atoms with Gasteiger partial charge in [-0.05, 0) is 42.7 Å². The number of hydrogen-bond acceptors (Lipinski definition) is 5. The number of hydrogen-bond donors (Lipinski definition) is 0. The molecular formula is C18H16N4O2. The summed E-state index contributed by atoms with van der Waals surface area (Å²) in [5.41, 5.74) is 1.84. The molecule has 120 valence electrons. The zero-order chi connectivity index (χ0) is 16.9. The fourth-order valence-corrected chi connectivity index (χ4v) is 2.61. The Bertz CT molecular complexity index is 958. The minimum Gasteiger partial charge on any atom is -0.480 e. The highest BCUT2D eigenvalue weighted by Gasteiger charge is 2.10. The average molecular weight is 320 g/mol. The third kappa shape index (κ3) is 3.10. The van der Waals surface area contributed by atoms with Gasteiger partial charge in [0, 0.05) is 25.1 Å². The molecule has 0 aliphatic heterocycles. The molecule has 0 unspecified atom stereocenters. The Balaban J connectivity index is 1.86. The predicted molar refractivity (Wildman–Crippen MR) is 89.8 cm³/mol. The number of aryl methyl sites for hydroxylation is 2. The Morgan fingerprint density at radius 2 is 2.08 bits per heavy atom. The second kappa shape index (κ2) is 6.92. The minimum atomic E-state index is -0.145. The molecule has 0 saturated carbocycles. The van der Waals surface area contributed by atoms with Crippen LogP contribution >= 0.6 is 0 Å². The van der Waals surface area contributed by atoms with Crippen molar-refractivity contribution in [3.05, 3.63) is 64.3 Å². The number of aromatic nitrogens is 3. The van der Waals surface area contributed by atoms with E-state index in [-0.39, 0.29) is 17.0 Å². The van der Waals surface area contributed by atoms with E-state index < -0.39 is 0 Å². The lowest BCUT2D eigenvalue weighted by molar-refractivity contribution is 0.398. The maximum Gasteiger partial charge on any atom is 0.260 e. The van der Waals surface area contributed by atoms with Crippen LogP contribution in [0.2, 0.25) is 0 Å². The molecule has 0 amide bonds. The first-order valence-corrected chi connectivity index (χ1v) is 7.60. The van der Waals surface area contributed by atoms with Crippen molar-refractivity contribution in [2.75, 3.05) is 7.11 Å². The van der Waals surface area contributed by atoms with Gasteiger partial charge in [0.15, 0.2) is 0 Å². The highest BCUT2D eigenvalue weighted by molar-refractivity contribution is 5.79. The first-order chi connectivity index (χ1) is 11.7. The van der Waals surface area contributed by atoms with Gasteiger partial charge in [-0.25, -0.2) is 4.98 Å².